The number of nitrogens with zero attached hydrogens (tertiary/aromatic N) is 1. The van der Waals surface area contributed by atoms with Gasteiger partial charge in [0.05, 0.1) is 0 Å². The first kappa shape index (κ1) is 22.6. The molecule has 1 unspecified atom stereocenters. The fraction of sp³-hybridized carbons (Fsp3) is 0.350. The lowest BCUT2D eigenvalue weighted by atomic mass is 10.1. The predicted molar refractivity (Wildman–Crippen MR) is 111 cm³/mol. The smallest absolute Gasteiger partial charge is 0.238 e. The third-order valence-electron chi connectivity index (χ3n) is 4.42. The van der Waals surface area contributed by atoms with E-state index in [1.807, 2.05) is 30.3 Å². The highest BCUT2D eigenvalue weighted by Crippen LogP contribution is 2.36. The molecular formula is C20H24ClF2N3OS. The van der Waals surface area contributed by atoms with Crippen LogP contribution in [0.15, 0.2) is 53.4 Å². The van der Waals surface area contributed by atoms with E-state index in [9.17, 15) is 13.6 Å². The second kappa shape index (κ2) is 11.4. The van der Waals surface area contributed by atoms with Gasteiger partial charge in [0.1, 0.15) is 16.9 Å². The van der Waals surface area contributed by atoms with Crippen LogP contribution in [-0.4, -0.2) is 50.1 Å². The summed E-state index contributed by atoms with van der Waals surface area (Å²) >= 11 is 1.09. The van der Waals surface area contributed by atoms with Crippen LogP contribution in [0.25, 0.3) is 0 Å². The first-order valence-corrected chi connectivity index (χ1v) is 9.89. The number of hydrogen-bond acceptors (Lipinski definition) is 4. The van der Waals surface area contributed by atoms with E-state index in [0.29, 0.717) is 6.54 Å². The fourth-order valence-corrected chi connectivity index (χ4v) is 4.02. The van der Waals surface area contributed by atoms with Crippen molar-refractivity contribution in [1.29, 1.82) is 0 Å². The highest BCUT2D eigenvalue weighted by molar-refractivity contribution is 8.00. The maximum atomic E-state index is 14.1. The molecule has 2 N–H and O–H groups in total. The quantitative estimate of drug-likeness (QED) is 0.666. The van der Waals surface area contributed by atoms with Crippen molar-refractivity contribution in [3.63, 3.8) is 0 Å². The molecule has 1 aliphatic heterocycles. The third-order valence-corrected chi connectivity index (χ3v) is 5.72. The zero-order valence-electron chi connectivity index (χ0n) is 15.4. The summed E-state index contributed by atoms with van der Waals surface area (Å²) in [5.41, 5.74) is 0.783. The van der Waals surface area contributed by atoms with Gasteiger partial charge in [-0.1, -0.05) is 30.3 Å². The molecule has 1 atom stereocenters. The van der Waals surface area contributed by atoms with Gasteiger partial charge >= 0.3 is 0 Å². The molecule has 8 heteroatoms. The average Bonchev–Trinajstić information content (AvgIpc) is 2.69. The van der Waals surface area contributed by atoms with Gasteiger partial charge in [0.25, 0.3) is 0 Å². The van der Waals surface area contributed by atoms with Gasteiger partial charge in [-0.3, -0.25) is 9.69 Å². The SMILES string of the molecule is Cl.O=C(NCCN1CCNCC1)C(Sc1ccc(F)cc1F)c1ccccc1. The molecule has 4 nitrogen and oxygen atoms in total. The summed E-state index contributed by atoms with van der Waals surface area (Å²) in [6, 6.07) is 12.7. The Balaban J connectivity index is 0.00000280. The van der Waals surface area contributed by atoms with Crippen LogP contribution in [0.5, 0.6) is 0 Å². The second-order valence-electron chi connectivity index (χ2n) is 6.37. The summed E-state index contributed by atoms with van der Waals surface area (Å²) in [5, 5.41) is 5.65. The van der Waals surface area contributed by atoms with Crippen molar-refractivity contribution >= 4 is 30.1 Å². The van der Waals surface area contributed by atoms with E-state index in [2.05, 4.69) is 15.5 Å². The Morgan fingerprint density at radius 2 is 1.86 bits per heavy atom. The van der Waals surface area contributed by atoms with Crippen LogP contribution in [0.3, 0.4) is 0 Å². The number of benzene rings is 2. The molecule has 1 amide bonds. The van der Waals surface area contributed by atoms with Gasteiger partial charge in [0.2, 0.25) is 5.91 Å². The van der Waals surface area contributed by atoms with Crippen LogP contribution in [0.1, 0.15) is 10.8 Å². The summed E-state index contributed by atoms with van der Waals surface area (Å²) in [6.45, 7) is 5.17. The van der Waals surface area contributed by atoms with E-state index in [1.54, 1.807) is 0 Å². The van der Waals surface area contributed by atoms with Crippen molar-refractivity contribution in [2.24, 2.45) is 0 Å². The van der Waals surface area contributed by atoms with Crippen LogP contribution in [-0.2, 0) is 4.79 Å². The molecule has 0 aromatic heterocycles. The maximum Gasteiger partial charge on any atom is 0.238 e. The van der Waals surface area contributed by atoms with Crippen LogP contribution >= 0.6 is 24.2 Å². The maximum absolute atomic E-state index is 14.1. The fourth-order valence-electron chi connectivity index (χ4n) is 2.96. The lowest BCUT2D eigenvalue weighted by molar-refractivity contribution is -0.120. The van der Waals surface area contributed by atoms with Gasteiger partial charge in [-0.25, -0.2) is 8.78 Å². The molecule has 0 saturated carbocycles. The number of hydrogen-bond donors (Lipinski definition) is 2. The zero-order valence-corrected chi connectivity index (χ0v) is 17.0. The zero-order chi connectivity index (χ0) is 19.1. The summed E-state index contributed by atoms with van der Waals surface area (Å²) in [6.07, 6.45) is 0. The van der Waals surface area contributed by atoms with E-state index >= 15 is 0 Å². The first-order valence-electron chi connectivity index (χ1n) is 9.01. The number of thioether (sulfide) groups is 1. The van der Waals surface area contributed by atoms with Crippen molar-refractivity contribution in [3.05, 3.63) is 65.7 Å². The number of carbonyl (C=O) groups excluding carboxylic acids is 1. The third kappa shape index (κ3) is 6.44. The lowest BCUT2D eigenvalue weighted by Gasteiger charge is -2.27. The topological polar surface area (TPSA) is 44.4 Å². The number of piperazine rings is 1. The van der Waals surface area contributed by atoms with E-state index in [0.717, 1.165) is 56.1 Å². The minimum Gasteiger partial charge on any atom is -0.354 e. The van der Waals surface area contributed by atoms with Gasteiger partial charge in [-0.05, 0) is 17.7 Å². The molecule has 28 heavy (non-hydrogen) atoms. The van der Waals surface area contributed by atoms with Gasteiger partial charge in [0, 0.05) is 50.2 Å². The van der Waals surface area contributed by atoms with Gasteiger partial charge in [-0.2, -0.15) is 0 Å². The molecule has 2 aromatic carbocycles. The lowest BCUT2D eigenvalue weighted by Crippen LogP contribution is -2.46. The van der Waals surface area contributed by atoms with E-state index < -0.39 is 16.9 Å². The summed E-state index contributed by atoms with van der Waals surface area (Å²) in [5.74, 6) is -1.46. The normalized spacial score (nSPS) is 15.5. The molecule has 3 rings (SSSR count). The highest BCUT2D eigenvalue weighted by atomic mass is 35.5. The summed E-state index contributed by atoms with van der Waals surface area (Å²) in [7, 11) is 0. The predicted octanol–water partition coefficient (Wildman–Crippen LogP) is 3.24. The summed E-state index contributed by atoms with van der Waals surface area (Å²) < 4.78 is 27.3. The molecule has 152 valence electrons. The van der Waals surface area contributed by atoms with Gasteiger partial charge in [0.15, 0.2) is 0 Å². The molecule has 0 aliphatic carbocycles. The van der Waals surface area contributed by atoms with Crippen LogP contribution in [0, 0.1) is 11.6 Å². The molecular weight excluding hydrogens is 404 g/mol. The molecule has 0 spiro atoms. The average molecular weight is 428 g/mol. The van der Waals surface area contributed by atoms with Crippen LogP contribution in [0.2, 0.25) is 0 Å². The van der Waals surface area contributed by atoms with Crippen molar-refractivity contribution in [2.45, 2.75) is 10.1 Å². The van der Waals surface area contributed by atoms with Crippen LogP contribution in [0.4, 0.5) is 8.78 Å². The number of nitrogens with one attached hydrogen (secondary N) is 2. The van der Waals surface area contributed by atoms with Crippen molar-refractivity contribution in [3.8, 4) is 0 Å². The van der Waals surface area contributed by atoms with E-state index in [4.69, 9.17) is 0 Å². The second-order valence-corrected chi connectivity index (χ2v) is 7.51. The molecule has 1 fully saturated rings. The largest absolute Gasteiger partial charge is 0.354 e. The number of halogens is 3. The monoisotopic (exact) mass is 427 g/mol. The molecule has 1 heterocycles. The van der Waals surface area contributed by atoms with Crippen molar-refractivity contribution in [2.75, 3.05) is 39.3 Å². The minimum absolute atomic E-state index is 0. The Bertz CT molecular complexity index is 760. The molecule has 0 radical (unpaired) electrons. The Hall–Kier alpha value is -1.67. The van der Waals surface area contributed by atoms with Gasteiger partial charge < -0.3 is 10.6 Å². The number of carbonyl (C=O) groups is 1. The molecule has 2 aromatic rings. The summed E-state index contributed by atoms with van der Waals surface area (Å²) in [4.78, 5) is 15.4. The van der Waals surface area contributed by atoms with Crippen LogP contribution < -0.4 is 10.6 Å². The molecule has 0 bridgehead atoms. The van der Waals surface area contributed by atoms with E-state index in [-0.39, 0.29) is 23.2 Å². The van der Waals surface area contributed by atoms with Crippen molar-refractivity contribution in [1.82, 2.24) is 15.5 Å². The highest BCUT2D eigenvalue weighted by Gasteiger charge is 2.23. The Morgan fingerprint density at radius 1 is 1.14 bits per heavy atom. The number of amides is 1. The minimum atomic E-state index is -0.658. The standard InChI is InChI=1S/C20H23F2N3OS.ClH/c21-16-6-7-18(17(22)14-16)27-19(15-4-2-1-3-5-15)20(26)24-10-13-25-11-8-23-9-12-25;/h1-7,14,19,23H,8-13H2,(H,24,26);1H. The first-order chi connectivity index (χ1) is 13.1. The Kier molecular flexibility index (Phi) is 9.18. The van der Waals surface area contributed by atoms with E-state index in [1.165, 1.54) is 12.1 Å². The van der Waals surface area contributed by atoms with Gasteiger partial charge in [-0.15, -0.1) is 24.2 Å². The van der Waals surface area contributed by atoms with Crippen molar-refractivity contribution < 1.29 is 13.6 Å². The Morgan fingerprint density at radius 3 is 2.54 bits per heavy atom. The molecule has 1 aliphatic rings. The number of rotatable bonds is 7. The molecule has 1 saturated heterocycles. The Labute approximate surface area is 174 Å².